The van der Waals surface area contributed by atoms with Crippen LogP contribution in [0.5, 0.6) is 0 Å². The van der Waals surface area contributed by atoms with Gasteiger partial charge in [0.25, 0.3) is 0 Å². The predicted octanol–water partition coefficient (Wildman–Crippen LogP) is 1.37. The summed E-state index contributed by atoms with van der Waals surface area (Å²) in [4.78, 5) is 11.9. The lowest BCUT2D eigenvalue weighted by molar-refractivity contribution is -0.135. The maximum atomic E-state index is 11.9. The first-order valence-electron chi connectivity index (χ1n) is 4.63. The second-order valence-corrected chi connectivity index (χ2v) is 5.06. The van der Waals surface area contributed by atoms with Crippen LogP contribution in [-0.4, -0.2) is 17.0 Å². The number of fused-ring (bicyclic) bond motifs is 2. The van der Waals surface area contributed by atoms with Gasteiger partial charge in [-0.3, -0.25) is 4.79 Å². The Balaban J connectivity index is 2.48. The molecule has 0 aromatic heterocycles. The molecule has 3 atom stereocenters. The van der Waals surface area contributed by atoms with Gasteiger partial charge >= 0.3 is 0 Å². The van der Waals surface area contributed by atoms with Gasteiger partial charge in [-0.2, -0.15) is 0 Å². The van der Waals surface area contributed by atoms with Gasteiger partial charge < -0.3 is 5.11 Å². The van der Waals surface area contributed by atoms with Gasteiger partial charge in [-0.05, 0) is 18.8 Å². The number of hydrogen-bond acceptors (Lipinski definition) is 2. The molecule has 0 aliphatic heterocycles. The number of carbonyl (C=O) groups excluding carboxylic acids is 1. The summed E-state index contributed by atoms with van der Waals surface area (Å²) in [6, 6.07) is 0. The third-order valence-electron chi connectivity index (χ3n) is 4.04. The Morgan fingerprint density at radius 3 is 2.25 bits per heavy atom. The van der Waals surface area contributed by atoms with Crippen LogP contribution < -0.4 is 0 Å². The Hall–Kier alpha value is -0.370. The van der Waals surface area contributed by atoms with Crippen LogP contribution in [0.4, 0.5) is 0 Å². The monoisotopic (exact) mass is 168 g/mol. The standard InChI is InChI=1S/C10H16O2/c1-9(2)6-4-5-10(3,7(6)11)8(9)12/h6-7,11H,4-5H2,1-3H3. The molecule has 0 radical (unpaired) electrons. The highest BCUT2D eigenvalue weighted by molar-refractivity contribution is 5.94. The van der Waals surface area contributed by atoms with Gasteiger partial charge in [0.15, 0.2) is 0 Å². The van der Waals surface area contributed by atoms with E-state index in [2.05, 4.69) is 0 Å². The van der Waals surface area contributed by atoms with Crippen LogP contribution >= 0.6 is 0 Å². The number of aliphatic hydroxyl groups excluding tert-OH is 1. The maximum absolute atomic E-state index is 11.9. The van der Waals surface area contributed by atoms with E-state index in [4.69, 9.17) is 0 Å². The number of rotatable bonds is 0. The van der Waals surface area contributed by atoms with E-state index in [-0.39, 0.29) is 23.2 Å². The quantitative estimate of drug-likeness (QED) is 0.593. The summed E-state index contributed by atoms with van der Waals surface area (Å²) in [6.45, 7) is 5.84. The predicted molar refractivity (Wildman–Crippen MR) is 45.6 cm³/mol. The molecule has 2 saturated carbocycles. The summed E-state index contributed by atoms with van der Waals surface area (Å²) in [7, 11) is 0. The molecule has 68 valence electrons. The fourth-order valence-electron chi connectivity index (χ4n) is 3.11. The van der Waals surface area contributed by atoms with Crippen molar-refractivity contribution in [1.82, 2.24) is 0 Å². The van der Waals surface area contributed by atoms with E-state index in [9.17, 15) is 9.90 Å². The van der Waals surface area contributed by atoms with Gasteiger partial charge in [0.1, 0.15) is 5.78 Å². The number of Topliss-reactive ketones (excluding diaryl/α,β-unsaturated/α-hetero) is 1. The highest BCUT2D eigenvalue weighted by Gasteiger charge is 2.65. The molecular formula is C10H16O2. The molecule has 2 fully saturated rings. The van der Waals surface area contributed by atoms with Crippen molar-refractivity contribution in [1.29, 1.82) is 0 Å². The number of aliphatic hydroxyl groups is 1. The lowest BCUT2D eigenvalue weighted by atomic mass is 9.72. The van der Waals surface area contributed by atoms with Crippen molar-refractivity contribution in [2.75, 3.05) is 0 Å². The van der Waals surface area contributed by atoms with Crippen LogP contribution in [-0.2, 0) is 4.79 Å². The first-order valence-corrected chi connectivity index (χ1v) is 4.63. The summed E-state index contributed by atoms with van der Waals surface area (Å²) in [5, 5.41) is 9.87. The molecule has 1 N–H and O–H groups in total. The molecule has 0 spiro atoms. The SMILES string of the molecule is CC1(C)C(=O)C2(C)CCC1C2O. The molecule has 2 bridgehead atoms. The van der Waals surface area contributed by atoms with E-state index in [0.29, 0.717) is 0 Å². The third-order valence-corrected chi connectivity index (χ3v) is 4.04. The Bertz CT molecular complexity index is 244. The van der Waals surface area contributed by atoms with Gasteiger partial charge in [0.2, 0.25) is 0 Å². The van der Waals surface area contributed by atoms with Crippen molar-refractivity contribution in [2.45, 2.75) is 39.7 Å². The van der Waals surface area contributed by atoms with E-state index in [1.165, 1.54) is 0 Å². The van der Waals surface area contributed by atoms with Crippen molar-refractivity contribution < 1.29 is 9.90 Å². The molecule has 0 saturated heterocycles. The van der Waals surface area contributed by atoms with Gasteiger partial charge in [-0.25, -0.2) is 0 Å². The van der Waals surface area contributed by atoms with Crippen LogP contribution in [0.2, 0.25) is 0 Å². The highest BCUT2D eigenvalue weighted by atomic mass is 16.3. The smallest absolute Gasteiger partial charge is 0.147 e. The summed E-state index contributed by atoms with van der Waals surface area (Å²) in [5.74, 6) is 0.466. The van der Waals surface area contributed by atoms with Crippen molar-refractivity contribution in [2.24, 2.45) is 16.7 Å². The van der Waals surface area contributed by atoms with Crippen molar-refractivity contribution in [3.8, 4) is 0 Å². The minimum absolute atomic E-state index is 0.204. The zero-order valence-corrected chi connectivity index (χ0v) is 7.92. The second-order valence-electron chi connectivity index (χ2n) is 5.06. The molecule has 2 aliphatic rings. The van der Waals surface area contributed by atoms with Crippen molar-refractivity contribution >= 4 is 5.78 Å². The van der Waals surface area contributed by atoms with Gasteiger partial charge in [0.05, 0.1) is 11.5 Å². The lowest BCUT2D eigenvalue weighted by Crippen LogP contribution is -2.35. The molecule has 3 unspecified atom stereocenters. The second kappa shape index (κ2) is 1.92. The molecule has 0 amide bonds. The molecule has 2 heteroatoms. The average Bonchev–Trinajstić information content (AvgIpc) is 2.32. The summed E-state index contributed by atoms with van der Waals surface area (Å²) in [5.41, 5.74) is -0.708. The van der Waals surface area contributed by atoms with E-state index in [0.717, 1.165) is 12.8 Å². The van der Waals surface area contributed by atoms with Gasteiger partial charge in [-0.1, -0.05) is 20.8 Å². The van der Waals surface area contributed by atoms with Crippen molar-refractivity contribution in [3.63, 3.8) is 0 Å². The Morgan fingerprint density at radius 2 is 2.00 bits per heavy atom. The van der Waals surface area contributed by atoms with E-state index < -0.39 is 5.41 Å². The van der Waals surface area contributed by atoms with E-state index >= 15 is 0 Å². The molecule has 2 nitrogen and oxygen atoms in total. The maximum Gasteiger partial charge on any atom is 0.147 e. The summed E-state index contributed by atoms with van der Waals surface area (Å²) < 4.78 is 0. The molecule has 0 heterocycles. The Labute approximate surface area is 73.0 Å². The zero-order valence-electron chi connectivity index (χ0n) is 7.92. The van der Waals surface area contributed by atoms with Gasteiger partial charge in [-0.15, -0.1) is 0 Å². The van der Waals surface area contributed by atoms with Crippen molar-refractivity contribution in [3.05, 3.63) is 0 Å². The number of carbonyl (C=O) groups is 1. The van der Waals surface area contributed by atoms with Gasteiger partial charge in [0, 0.05) is 5.41 Å². The molecule has 0 aromatic carbocycles. The van der Waals surface area contributed by atoms with E-state index in [1.54, 1.807) is 0 Å². The fraction of sp³-hybridized carbons (Fsp3) is 0.900. The molecule has 12 heavy (non-hydrogen) atoms. The minimum Gasteiger partial charge on any atom is -0.392 e. The zero-order chi connectivity index (χ0) is 9.15. The van der Waals surface area contributed by atoms with Crippen LogP contribution in [0.3, 0.4) is 0 Å². The number of hydrogen-bond donors (Lipinski definition) is 1. The lowest BCUT2D eigenvalue weighted by Gasteiger charge is -2.30. The highest BCUT2D eigenvalue weighted by Crippen LogP contribution is 2.59. The molecule has 0 aromatic rings. The minimum atomic E-state index is -0.422. The van der Waals surface area contributed by atoms with Crippen LogP contribution in [0.15, 0.2) is 0 Å². The normalized spacial score (nSPS) is 50.2. The fourth-order valence-corrected chi connectivity index (χ4v) is 3.11. The van der Waals surface area contributed by atoms with E-state index in [1.807, 2.05) is 20.8 Å². The van der Waals surface area contributed by atoms with Crippen LogP contribution in [0.25, 0.3) is 0 Å². The molecule has 2 rings (SSSR count). The first kappa shape index (κ1) is 8.24. The number of ketones is 1. The Morgan fingerprint density at radius 1 is 1.42 bits per heavy atom. The van der Waals surface area contributed by atoms with Crippen LogP contribution in [0.1, 0.15) is 33.6 Å². The summed E-state index contributed by atoms with van der Waals surface area (Å²) >= 11 is 0. The average molecular weight is 168 g/mol. The summed E-state index contributed by atoms with van der Waals surface area (Å²) in [6.07, 6.45) is 1.50. The molecular weight excluding hydrogens is 152 g/mol. The topological polar surface area (TPSA) is 37.3 Å². The largest absolute Gasteiger partial charge is 0.392 e. The Kier molecular flexibility index (Phi) is 1.32. The third kappa shape index (κ3) is 0.634. The first-order chi connectivity index (χ1) is 5.40. The molecule has 2 aliphatic carbocycles. The van der Waals surface area contributed by atoms with Crippen LogP contribution in [0, 0.1) is 16.7 Å².